The summed E-state index contributed by atoms with van der Waals surface area (Å²) in [6, 6.07) is 12.1. The monoisotopic (exact) mass is 598 g/mol. The van der Waals surface area contributed by atoms with Gasteiger partial charge in [-0.25, -0.2) is 9.07 Å². The molecule has 6 rings (SSSR count). The minimum Gasteiger partial charge on any atom is -0.392 e. The van der Waals surface area contributed by atoms with E-state index in [-0.39, 0.29) is 27.7 Å². The van der Waals surface area contributed by atoms with Crippen LogP contribution in [0.15, 0.2) is 58.3 Å². The first-order chi connectivity index (χ1) is 21.0. The zero-order valence-corrected chi connectivity index (χ0v) is 25.3. The van der Waals surface area contributed by atoms with Crippen molar-refractivity contribution in [2.75, 3.05) is 5.32 Å². The van der Waals surface area contributed by atoms with Crippen LogP contribution in [0.3, 0.4) is 0 Å². The molecule has 1 aliphatic rings. The predicted molar refractivity (Wildman–Crippen MR) is 167 cm³/mol. The molecule has 1 unspecified atom stereocenters. The third-order valence-corrected chi connectivity index (χ3v) is 8.19. The number of aromatic nitrogens is 6. The fraction of sp³-hybridized carbons (Fsp3) is 0.344. The maximum Gasteiger partial charge on any atom is 0.290 e. The average Bonchev–Trinajstić information content (AvgIpc) is 3.40. The molecule has 0 amide bonds. The van der Waals surface area contributed by atoms with E-state index >= 15 is 4.39 Å². The summed E-state index contributed by atoms with van der Waals surface area (Å²) >= 11 is 0. The standard InChI is InChI=1S/C32H35FN8O3/c1-6-20-12-21-13-28(38-40(21)17-34-20)36-26-14-25(37-39(5)30(26)43)22-8-7-9-27(23(22)16-42)41-31(44)29-18(15-35-41)10-19(11-24(29)33)32(2,3)4/h7-11,13-15,20,34,42H,6,12,16-17H2,1-5H3,(H,36,38). The van der Waals surface area contributed by atoms with Crippen molar-refractivity contribution >= 4 is 22.3 Å². The molecule has 228 valence electrons. The minimum atomic E-state index is -0.647. The zero-order chi connectivity index (χ0) is 31.3. The van der Waals surface area contributed by atoms with Gasteiger partial charge in [0.05, 0.1) is 36.2 Å². The lowest BCUT2D eigenvalue weighted by Crippen LogP contribution is -2.38. The minimum absolute atomic E-state index is 0.0859. The van der Waals surface area contributed by atoms with Gasteiger partial charge in [0.25, 0.3) is 11.1 Å². The number of benzene rings is 2. The molecule has 5 aromatic rings. The second-order valence-corrected chi connectivity index (χ2v) is 12.2. The van der Waals surface area contributed by atoms with E-state index in [0.717, 1.165) is 28.8 Å². The van der Waals surface area contributed by atoms with Crippen LogP contribution in [-0.2, 0) is 32.2 Å². The molecule has 0 radical (unpaired) electrons. The van der Waals surface area contributed by atoms with Crippen LogP contribution in [0.25, 0.3) is 27.7 Å². The van der Waals surface area contributed by atoms with Crippen molar-refractivity contribution in [2.45, 2.75) is 65.3 Å². The number of nitrogens with one attached hydrogen (secondary N) is 2. The fourth-order valence-electron chi connectivity index (χ4n) is 5.63. The number of nitrogens with zero attached hydrogens (tertiary/aromatic N) is 6. The van der Waals surface area contributed by atoms with Gasteiger partial charge in [0, 0.05) is 47.8 Å². The Hall–Kier alpha value is -4.68. The normalized spacial score (nSPS) is 15.0. The number of aliphatic hydroxyl groups excluding tert-OH is 1. The third kappa shape index (κ3) is 5.20. The Labute approximate surface area is 253 Å². The Morgan fingerprint density at radius 1 is 1.11 bits per heavy atom. The van der Waals surface area contributed by atoms with Crippen LogP contribution in [0.5, 0.6) is 0 Å². The predicted octanol–water partition coefficient (Wildman–Crippen LogP) is 3.90. The number of fused-ring (bicyclic) bond motifs is 2. The molecule has 3 aromatic heterocycles. The second-order valence-electron chi connectivity index (χ2n) is 12.2. The van der Waals surface area contributed by atoms with E-state index in [1.54, 1.807) is 30.3 Å². The summed E-state index contributed by atoms with van der Waals surface area (Å²) in [5, 5.41) is 30.8. The lowest BCUT2D eigenvalue weighted by atomic mass is 9.86. The van der Waals surface area contributed by atoms with Gasteiger partial charge in [-0.3, -0.25) is 19.6 Å². The summed E-state index contributed by atoms with van der Waals surface area (Å²) in [5.74, 6) is -0.0971. The van der Waals surface area contributed by atoms with E-state index in [4.69, 9.17) is 0 Å². The lowest BCUT2D eigenvalue weighted by Gasteiger charge is -2.23. The molecule has 44 heavy (non-hydrogen) atoms. The molecule has 0 fully saturated rings. The SMILES string of the molecule is CCC1Cc2cc(Nc3cc(-c4cccc(-n5ncc6cc(C(C)(C)C)cc(F)c6c5=O)c4CO)nn(C)c3=O)nn2CN1. The molecule has 3 N–H and O–H groups in total. The van der Waals surface area contributed by atoms with E-state index in [1.165, 1.54) is 24.0 Å². The number of aliphatic hydroxyl groups is 1. The van der Waals surface area contributed by atoms with Crippen molar-refractivity contribution in [3.63, 3.8) is 0 Å². The van der Waals surface area contributed by atoms with Crippen LogP contribution in [0, 0.1) is 5.82 Å². The molecular weight excluding hydrogens is 563 g/mol. The molecule has 4 heterocycles. The fourth-order valence-corrected chi connectivity index (χ4v) is 5.63. The summed E-state index contributed by atoms with van der Waals surface area (Å²) < 4.78 is 19.5. The third-order valence-electron chi connectivity index (χ3n) is 8.19. The van der Waals surface area contributed by atoms with E-state index in [2.05, 4.69) is 32.9 Å². The Bertz CT molecular complexity index is 2020. The Balaban J connectivity index is 1.42. The van der Waals surface area contributed by atoms with Gasteiger partial charge in [0.2, 0.25) is 0 Å². The van der Waals surface area contributed by atoms with Crippen molar-refractivity contribution in [2.24, 2.45) is 7.05 Å². The van der Waals surface area contributed by atoms with Crippen LogP contribution in [0.4, 0.5) is 15.9 Å². The van der Waals surface area contributed by atoms with Crippen LogP contribution in [0.1, 0.15) is 50.9 Å². The highest BCUT2D eigenvalue weighted by Gasteiger charge is 2.22. The molecular formula is C32H35FN8O3. The first kappa shape index (κ1) is 29.4. The summed E-state index contributed by atoms with van der Waals surface area (Å²) in [4.78, 5) is 26.7. The van der Waals surface area contributed by atoms with Crippen LogP contribution >= 0.6 is 0 Å². The molecule has 1 aliphatic heterocycles. The quantitative estimate of drug-likeness (QED) is 0.268. The highest BCUT2D eigenvalue weighted by atomic mass is 19.1. The van der Waals surface area contributed by atoms with Gasteiger partial charge in [0.15, 0.2) is 5.82 Å². The first-order valence-electron chi connectivity index (χ1n) is 14.6. The first-order valence-corrected chi connectivity index (χ1v) is 14.6. The van der Waals surface area contributed by atoms with Crippen LogP contribution in [-0.4, -0.2) is 40.5 Å². The topological polar surface area (TPSA) is 132 Å². The number of anilines is 2. The van der Waals surface area contributed by atoms with E-state index < -0.39 is 18.0 Å². The highest BCUT2D eigenvalue weighted by Crippen LogP contribution is 2.30. The van der Waals surface area contributed by atoms with Gasteiger partial charge in [0.1, 0.15) is 11.5 Å². The summed E-state index contributed by atoms with van der Waals surface area (Å²) in [6.07, 6.45) is 3.29. The zero-order valence-electron chi connectivity index (χ0n) is 25.3. The molecule has 1 atom stereocenters. The Kier molecular flexibility index (Phi) is 7.42. The number of hydrogen-bond acceptors (Lipinski definition) is 8. The number of rotatable bonds is 6. The number of halogens is 1. The average molecular weight is 599 g/mol. The number of aryl methyl sites for hydroxylation is 1. The maximum absolute atomic E-state index is 15.3. The van der Waals surface area contributed by atoms with Gasteiger partial charge in [-0.1, -0.05) is 39.8 Å². The Morgan fingerprint density at radius 2 is 1.91 bits per heavy atom. The maximum atomic E-state index is 15.3. The van der Waals surface area contributed by atoms with Gasteiger partial charge < -0.3 is 10.4 Å². The van der Waals surface area contributed by atoms with Crippen LogP contribution in [0.2, 0.25) is 0 Å². The molecule has 12 heteroatoms. The van der Waals surface area contributed by atoms with E-state index in [1.807, 2.05) is 31.5 Å². The molecule has 0 saturated carbocycles. The van der Waals surface area contributed by atoms with Gasteiger partial charge >= 0.3 is 0 Å². The summed E-state index contributed by atoms with van der Waals surface area (Å²) in [6.45, 7) is 8.17. The molecule has 0 aliphatic carbocycles. The smallest absolute Gasteiger partial charge is 0.290 e. The molecule has 0 saturated heterocycles. The Morgan fingerprint density at radius 3 is 2.64 bits per heavy atom. The largest absolute Gasteiger partial charge is 0.392 e. The van der Waals surface area contributed by atoms with Gasteiger partial charge in [-0.05, 0) is 41.7 Å². The van der Waals surface area contributed by atoms with Crippen molar-refractivity contribution in [3.8, 4) is 16.9 Å². The molecule has 0 spiro atoms. The van der Waals surface area contributed by atoms with Gasteiger partial charge in [-0.15, -0.1) is 0 Å². The van der Waals surface area contributed by atoms with Crippen LogP contribution < -0.4 is 21.8 Å². The van der Waals surface area contributed by atoms with Crippen molar-refractivity contribution < 1.29 is 9.50 Å². The summed E-state index contributed by atoms with van der Waals surface area (Å²) in [5.41, 5.74) is 2.24. The van der Waals surface area contributed by atoms with Crippen molar-refractivity contribution in [1.29, 1.82) is 0 Å². The van der Waals surface area contributed by atoms with Crippen molar-refractivity contribution in [3.05, 3.63) is 92.0 Å². The van der Waals surface area contributed by atoms with E-state index in [0.29, 0.717) is 40.7 Å². The lowest BCUT2D eigenvalue weighted by molar-refractivity contribution is 0.281. The second kappa shape index (κ2) is 11.1. The number of hydrogen-bond donors (Lipinski definition) is 3. The van der Waals surface area contributed by atoms with Gasteiger partial charge in [-0.2, -0.15) is 20.0 Å². The highest BCUT2D eigenvalue weighted by molar-refractivity contribution is 5.83. The molecule has 0 bridgehead atoms. The summed E-state index contributed by atoms with van der Waals surface area (Å²) in [7, 11) is 1.54. The molecule has 2 aromatic carbocycles. The van der Waals surface area contributed by atoms with Crippen molar-refractivity contribution in [1.82, 2.24) is 34.7 Å². The molecule has 11 nitrogen and oxygen atoms in total. The van der Waals surface area contributed by atoms with E-state index in [9.17, 15) is 14.7 Å².